The Bertz CT molecular complexity index is 4200. The quantitative estimate of drug-likeness (QED) is 0.0338. The molecule has 0 heterocycles. The summed E-state index contributed by atoms with van der Waals surface area (Å²) in [6.07, 6.45) is 44.7. The first-order chi connectivity index (χ1) is 53.3. The van der Waals surface area contributed by atoms with Crippen LogP contribution in [0, 0.1) is 41.5 Å². The van der Waals surface area contributed by atoms with Crippen molar-refractivity contribution in [1.29, 1.82) is 0 Å². The van der Waals surface area contributed by atoms with Gasteiger partial charge in [0.2, 0.25) is 0 Å². The molecule has 13 rings (SSSR count). The van der Waals surface area contributed by atoms with Crippen molar-refractivity contribution in [3.63, 3.8) is 0 Å². The minimum Gasteiger partial charge on any atom is -0.0654 e. The second-order valence-electron chi connectivity index (χ2n) is 33.9. The van der Waals surface area contributed by atoms with Crippen LogP contribution in [-0.4, -0.2) is 0 Å². The first kappa shape index (κ1) is 82.2. The van der Waals surface area contributed by atoms with Gasteiger partial charge in [-0.3, -0.25) is 0 Å². The molecule has 10 aromatic rings. The van der Waals surface area contributed by atoms with Crippen molar-refractivity contribution in [3.05, 3.63) is 318 Å². The first-order valence-corrected chi connectivity index (χ1v) is 44.3. The molecule has 0 bridgehead atoms. The van der Waals surface area contributed by atoms with E-state index in [0.29, 0.717) is 0 Å². The van der Waals surface area contributed by atoms with Crippen LogP contribution in [0.15, 0.2) is 206 Å². The average Bonchev–Trinajstić information content (AvgIpc) is 1.56. The molecule has 574 valence electrons. The number of hydrogen-bond donors (Lipinski definition) is 0. The van der Waals surface area contributed by atoms with E-state index < -0.39 is 0 Å². The van der Waals surface area contributed by atoms with Crippen LogP contribution in [0.3, 0.4) is 0 Å². The van der Waals surface area contributed by atoms with Crippen molar-refractivity contribution in [2.24, 2.45) is 0 Å². The fourth-order valence-corrected chi connectivity index (χ4v) is 19.3. The molecule has 3 aliphatic carbocycles. The SMILES string of the molecule is CCCCCCCCC1(CCCCCCCC)c2cc(C)ccc2-c2ccc(C)cc21.CCCCCCc1ccc(C2(c3ccc(CCCCCC)cc3)c3cc(C)ccc3-c3ccc(C)cc32)cc1.CCCCCCc1cccc(C2(c3cccc(CCCCCC)c3)c3cc(C)ccc3-c3ccc(C)cc32)c1. The van der Waals surface area contributed by atoms with Gasteiger partial charge in [0.05, 0.1) is 10.8 Å². The van der Waals surface area contributed by atoms with E-state index >= 15 is 0 Å². The average molecular weight is 1450 g/mol. The summed E-state index contributed by atoms with van der Waals surface area (Å²) in [5, 5.41) is 0. The summed E-state index contributed by atoms with van der Waals surface area (Å²) in [4.78, 5) is 0. The molecule has 0 N–H and O–H groups in total. The van der Waals surface area contributed by atoms with Gasteiger partial charge < -0.3 is 0 Å². The minimum absolute atomic E-state index is 0.234. The predicted octanol–water partition coefficient (Wildman–Crippen LogP) is 31.9. The Labute approximate surface area is 664 Å². The molecule has 0 fully saturated rings. The molecule has 0 aromatic heterocycles. The van der Waals surface area contributed by atoms with Crippen molar-refractivity contribution in [3.8, 4) is 33.4 Å². The Morgan fingerprint density at radius 3 is 0.725 bits per heavy atom. The number of benzene rings is 10. The smallest absolute Gasteiger partial charge is 0.0654 e. The fraction of sp³-hybridized carbons (Fsp3) is 0.450. The third-order valence-electron chi connectivity index (χ3n) is 25.3. The largest absolute Gasteiger partial charge is 0.0713 e. The van der Waals surface area contributed by atoms with Crippen LogP contribution in [0.4, 0.5) is 0 Å². The molecule has 0 atom stereocenters. The van der Waals surface area contributed by atoms with Gasteiger partial charge in [-0.2, -0.15) is 0 Å². The van der Waals surface area contributed by atoms with Crippen LogP contribution in [0.1, 0.15) is 345 Å². The van der Waals surface area contributed by atoms with Crippen LogP contribution >= 0.6 is 0 Å². The normalized spacial score (nSPS) is 13.5. The Balaban J connectivity index is 0.000000164. The molecule has 0 heteroatoms. The molecule has 10 aromatic carbocycles. The molecule has 0 spiro atoms. The third kappa shape index (κ3) is 19.2. The van der Waals surface area contributed by atoms with Gasteiger partial charge in [0.15, 0.2) is 0 Å². The number of fused-ring (bicyclic) bond motifs is 9. The first-order valence-electron chi connectivity index (χ1n) is 44.3. The molecular weight excluding hydrogens is 1310 g/mol. The van der Waals surface area contributed by atoms with Crippen LogP contribution in [-0.2, 0) is 41.9 Å². The van der Waals surface area contributed by atoms with E-state index in [9.17, 15) is 0 Å². The maximum absolute atomic E-state index is 2.53. The molecule has 0 radical (unpaired) electrons. The second-order valence-corrected chi connectivity index (χ2v) is 33.9. The highest BCUT2D eigenvalue weighted by Crippen LogP contribution is 2.59. The van der Waals surface area contributed by atoms with E-state index in [1.807, 2.05) is 0 Å². The van der Waals surface area contributed by atoms with E-state index in [1.165, 1.54) is 339 Å². The standard InChI is InChI=1S/2C39H46.C31H46/c1-5-7-9-11-15-31-17-13-19-33(27-31)39(34-20-14-18-32(28-34)16-12-10-8-6-2)37-25-29(3)21-23-35(37)36-24-22-30(4)26-38(36)39;1-5-7-9-11-13-31-17-21-33(22-18-31)39(34-23-19-32(20-24-34)14-12-10-8-6-2)37-27-29(3)15-25-35(37)36-26-16-30(4)28-38(36)39;1-5-7-9-11-13-15-21-31(22-16-14-12-10-8-6-2)29-23-25(3)17-19-27(29)28-20-18-26(4)24-30(28)31/h13-14,17-28H,5-12,15-16H2,1-4H3;15-28H,5-14H2,1-4H3;17-20,23-24H,5-16,21-22H2,1-4H3. The second kappa shape index (κ2) is 40.4. The summed E-state index contributed by atoms with van der Waals surface area (Å²) in [6.45, 7) is 27.3. The maximum Gasteiger partial charge on any atom is 0.0713 e. The van der Waals surface area contributed by atoms with Crippen molar-refractivity contribution < 1.29 is 0 Å². The van der Waals surface area contributed by atoms with Gasteiger partial charge in [0, 0.05) is 5.41 Å². The number of rotatable bonds is 38. The third-order valence-corrected chi connectivity index (χ3v) is 25.3. The lowest BCUT2D eigenvalue weighted by Gasteiger charge is -2.35. The monoisotopic (exact) mass is 1450 g/mol. The van der Waals surface area contributed by atoms with Crippen LogP contribution < -0.4 is 0 Å². The fourth-order valence-electron chi connectivity index (χ4n) is 19.3. The van der Waals surface area contributed by atoms with Crippen LogP contribution in [0.5, 0.6) is 0 Å². The van der Waals surface area contributed by atoms with Crippen LogP contribution in [0.2, 0.25) is 0 Å². The van der Waals surface area contributed by atoms with Crippen LogP contribution in [0.25, 0.3) is 33.4 Å². The molecule has 0 saturated heterocycles. The van der Waals surface area contributed by atoms with Gasteiger partial charge in [-0.15, -0.1) is 0 Å². The molecule has 3 aliphatic rings. The number of hydrogen-bond acceptors (Lipinski definition) is 0. The Morgan fingerprint density at radius 2 is 0.431 bits per heavy atom. The zero-order chi connectivity index (χ0) is 76.6. The van der Waals surface area contributed by atoms with Gasteiger partial charge in [0.25, 0.3) is 0 Å². The van der Waals surface area contributed by atoms with E-state index in [0.717, 1.165) is 12.8 Å². The van der Waals surface area contributed by atoms with Crippen molar-refractivity contribution in [2.75, 3.05) is 0 Å². The highest BCUT2D eigenvalue weighted by Gasteiger charge is 2.49. The van der Waals surface area contributed by atoms with E-state index in [4.69, 9.17) is 0 Å². The van der Waals surface area contributed by atoms with Crippen molar-refractivity contribution in [2.45, 2.75) is 318 Å². The van der Waals surface area contributed by atoms with Gasteiger partial charge in [-0.05, 0) is 217 Å². The summed E-state index contributed by atoms with van der Waals surface area (Å²) in [7, 11) is 0. The lowest BCUT2D eigenvalue weighted by Crippen LogP contribution is -2.29. The topological polar surface area (TPSA) is 0 Å². The molecule has 109 heavy (non-hydrogen) atoms. The van der Waals surface area contributed by atoms with Gasteiger partial charge in [0.1, 0.15) is 0 Å². The van der Waals surface area contributed by atoms with Crippen molar-refractivity contribution >= 4 is 0 Å². The summed E-state index contributed by atoms with van der Waals surface area (Å²) in [5.74, 6) is 0. The Hall–Kier alpha value is -7.80. The van der Waals surface area contributed by atoms with Gasteiger partial charge >= 0.3 is 0 Å². The van der Waals surface area contributed by atoms with Gasteiger partial charge in [-0.1, -0.05) is 435 Å². The van der Waals surface area contributed by atoms with E-state index in [-0.39, 0.29) is 16.2 Å². The molecular formula is C109H138. The molecule has 0 saturated carbocycles. The molecule has 0 amide bonds. The summed E-state index contributed by atoms with van der Waals surface area (Å²) in [5.41, 5.74) is 36.7. The zero-order valence-electron chi connectivity index (χ0n) is 70.2. The van der Waals surface area contributed by atoms with Crippen molar-refractivity contribution in [1.82, 2.24) is 0 Å². The van der Waals surface area contributed by atoms with Gasteiger partial charge in [-0.25, -0.2) is 0 Å². The number of aryl methyl sites for hydroxylation is 10. The lowest BCUT2D eigenvalue weighted by atomic mass is 9.66. The molecule has 0 unspecified atom stereocenters. The lowest BCUT2D eigenvalue weighted by molar-refractivity contribution is 0.397. The summed E-state index contributed by atoms with van der Waals surface area (Å²) in [6, 6.07) is 81.3. The highest BCUT2D eigenvalue weighted by atomic mass is 14.5. The Morgan fingerprint density at radius 1 is 0.193 bits per heavy atom. The number of unbranched alkanes of at least 4 members (excludes halogenated alkanes) is 22. The highest BCUT2D eigenvalue weighted by molar-refractivity contribution is 5.89. The molecule has 0 nitrogen and oxygen atoms in total. The van der Waals surface area contributed by atoms with E-state index in [1.54, 1.807) is 11.1 Å². The summed E-state index contributed by atoms with van der Waals surface area (Å²) < 4.78 is 0. The maximum atomic E-state index is 2.53. The predicted molar refractivity (Wildman–Crippen MR) is 476 cm³/mol. The molecule has 0 aliphatic heterocycles. The minimum atomic E-state index is -0.304. The summed E-state index contributed by atoms with van der Waals surface area (Å²) >= 11 is 0. The zero-order valence-corrected chi connectivity index (χ0v) is 70.2. The Kier molecular flexibility index (Phi) is 30.5. The van der Waals surface area contributed by atoms with E-state index in [2.05, 4.69) is 289 Å².